The lowest BCUT2D eigenvalue weighted by atomic mass is 10.2. The highest BCUT2D eigenvalue weighted by Gasteiger charge is 2.05. The normalized spacial score (nSPS) is 9.71. The molecule has 0 aliphatic carbocycles. The second-order valence-electron chi connectivity index (χ2n) is 2.92. The molecule has 0 atom stereocenters. The zero-order valence-electron chi connectivity index (χ0n) is 8.97. The number of hydrogen-bond acceptors (Lipinski definition) is 2. The minimum atomic E-state index is 0.0225. The molecule has 14 heavy (non-hydrogen) atoms. The highest BCUT2D eigenvalue weighted by molar-refractivity contribution is 7.17. The van der Waals surface area contributed by atoms with E-state index in [1.807, 2.05) is 33.1 Å². The molecule has 0 aliphatic rings. The van der Waals surface area contributed by atoms with Crippen molar-refractivity contribution in [2.24, 2.45) is 0 Å². The largest absolute Gasteiger partial charge is 0.328 e. The molecule has 3 heteroatoms. The Kier molecular flexibility index (Phi) is 3.47. The first-order valence-corrected chi connectivity index (χ1v) is 5.64. The van der Waals surface area contributed by atoms with E-state index in [1.165, 1.54) is 0 Å². The van der Waals surface area contributed by atoms with Gasteiger partial charge in [0.1, 0.15) is 0 Å². The third kappa shape index (κ3) is 1.73. The summed E-state index contributed by atoms with van der Waals surface area (Å²) in [7, 11) is 0. The molecule has 2 rings (SSSR count). The van der Waals surface area contributed by atoms with Crippen LogP contribution in [-0.2, 0) is 0 Å². The minimum Gasteiger partial charge on any atom is -0.328 e. The van der Waals surface area contributed by atoms with Crippen LogP contribution >= 0.6 is 11.3 Å². The fraction of sp³-hybridized carbons (Fsp3) is 0.364. The van der Waals surface area contributed by atoms with Gasteiger partial charge < -0.3 is 4.98 Å². The van der Waals surface area contributed by atoms with Gasteiger partial charge in [0.25, 0.3) is 5.56 Å². The molecule has 2 aromatic heterocycles. The molecule has 2 nitrogen and oxygen atoms in total. The topological polar surface area (TPSA) is 32.9 Å². The van der Waals surface area contributed by atoms with Crippen LogP contribution in [0.1, 0.15) is 25.0 Å². The van der Waals surface area contributed by atoms with E-state index in [2.05, 4.69) is 4.98 Å². The number of aryl methyl sites for hydroxylation is 2. The number of fused-ring (bicyclic) bond motifs is 1. The molecule has 0 saturated heterocycles. The molecule has 0 unspecified atom stereocenters. The summed E-state index contributed by atoms with van der Waals surface area (Å²) in [5.74, 6) is 0. The zero-order valence-corrected chi connectivity index (χ0v) is 9.79. The summed E-state index contributed by atoms with van der Waals surface area (Å²) in [6, 6.07) is 0. The van der Waals surface area contributed by atoms with Gasteiger partial charge in [0, 0.05) is 10.9 Å². The Labute approximate surface area is 87.6 Å². The van der Waals surface area contributed by atoms with Crippen molar-refractivity contribution in [3.8, 4) is 0 Å². The zero-order chi connectivity index (χ0) is 10.7. The van der Waals surface area contributed by atoms with Crippen LogP contribution in [0.15, 0.2) is 16.4 Å². The van der Waals surface area contributed by atoms with E-state index in [-0.39, 0.29) is 5.56 Å². The quantitative estimate of drug-likeness (QED) is 0.710. The Morgan fingerprint density at radius 1 is 1.21 bits per heavy atom. The van der Waals surface area contributed by atoms with E-state index < -0.39 is 0 Å². The maximum absolute atomic E-state index is 11.4. The van der Waals surface area contributed by atoms with Crippen molar-refractivity contribution in [2.45, 2.75) is 27.7 Å². The summed E-state index contributed by atoms with van der Waals surface area (Å²) in [4.78, 5) is 14.1. The molecule has 2 heterocycles. The number of nitrogens with one attached hydrogen (secondary N) is 1. The third-order valence-electron chi connectivity index (χ3n) is 1.98. The van der Waals surface area contributed by atoms with Crippen molar-refractivity contribution in [3.05, 3.63) is 33.1 Å². The summed E-state index contributed by atoms with van der Waals surface area (Å²) in [6.45, 7) is 7.97. The van der Waals surface area contributed by atoms with Gasteiger partial charge in [0.2, 0.25) is 0 Å². The number of thiophene rings is 1. The van der Waals surface area contributed by atoms with Gasteiger partial charge in [-0.05, 0) is 30.4 Å². The van der Waals surface area contributed by atoms with Crippen LogP contribution in [0, 0.1) is 13.8 Å². The number of hydrogen-bond donors (Lipinski definition) is 1. The molecule has 76 valence electrons. The van der Waals surface area contributed by atoms with Gasteiger partial charge in [-0.2, -0.15) is 0 Å². The van der Waals surface area contributed by atoms with Crippen LogP contribution < -0.4 is 5.56 Å². The van der Waals surface area contributed by atoms with Crippen LogP contribution in [-0.4, -0.2) is 4.98 Å². The van der Waals surface area contributed by atoms with E-state index in [0.717, 1.165) is 21.2 Å². The fourth-order valence-corrected chi connectivity index (χ4v) is 2.36. The lowest BCUT2D eigenvalue weighted by Gasteiger charge is -1.93. The SMILES string of the molecule is CC.Cc1c[nH]c(=O)c2c(C)csc12. The smallest absolute Gasteiger partial charge is 0.256 e. The number of H-pyrrole nitrogens is 1. The molecule has 1 N–H and O–H groups in total. The van der Waals surface area contributed by atoms with Crippen LogP contribution in [0.5, 0.6) is 0 Å². The Bertz CT molecular complexity index is 481. The first-order chi connectivity index (χ1) is 6.70. The molecule has 0 aliphatic heterocycles. The van der Waals surface area contributed by atoms with Crippen LogP contribution in [0.4, 0.5) is 0 Å². The number of aromatic nitrogens is 1. The van der Waals surface area contributed by atoms with Crippen molar-refractivity contribution in [1.82, 2.24) is 4.98 Å². The summed E-state index contributed by atoms with van der Waals surface area (Å²) < 4.78 is 1.11. The average molecular weight is 209 g/mol. The van der Waals surface area contributed by atoms with Crippen molar-refractivity contribution < 1.29 is 0 Å². The highest BCUT2D eigenvalue weighted by atomic mass is 32.1. The van der Waals surface area contributed by atoms with Crippen LogP contribution in [0.25, 0.3) is 10.1 Å². The number of rotatable bonds is 0. The summed E-state index contributed by atoms with van der Waals surface area (Å²) in [5.41, 5.74) is 2.23. The molecule has 0 spiro atoms. The summed E-state index contributed by atoms with van der Waals surface area (Å²) in [5, 5.41) is 2.87. The first-order valence-electron chi connectivity index (χ1n) is 4.76. The number of aromatic amines is 1. The van der Waals surface area contributed by atoms with Gasteiger partial charge in [0.15, 0.2) is 0 Å². The first kappa shape index (κ1) is 11.0. The third-order valence-corrected chi connectivity index (χ3v) is 3.21. The molecule has 0 bridgehead atoms. The maximum Gasteiger partial charge on any atom is 0.256 e. The van der Waals surface area contributed by atoms with Crippen molar-refractivity contribution >= 4 is 21.4 Å². The fourth-order valence-electron chi connectivity index (χ4n) is 1.33. The maximum atomic E-state index is 11.4. The molecule has 0 amide bonds. The second kappa shape index (κ2) is 4.42. The van der Waals surface area contributed by atoms with Crippen LogP contribution in [0.2, 0.25) is 0 Å². The van der Waals surface area contributed by atoms with Gasteiger partial charge in [0.05, 0.1) is 5.39 Å². The Morgan fingerprint density at radius 2 is 1.86 bits per heavy atom. The monoisotopic (exact) mass is 209 g/mol. The number of pyridine rings is 1. The van der Waals surface area contributed by atoms with Crippen LogP contribution in [0.3, 0.4) is 0 Å². The van der Waals surface area contributed by atoms with E-state index in [4.69, 9.17) is 0 Å². The van der Waals surface area contributed by atoms with E-state index in [1.54, 1.807) is 17.5 Å². The standard InChI is InChI=1S/C9H9NOS.C2H6/c1-5-3-10-9(11)7-6(2)4-12-8(5)7;1-2/h3-4H,1-2H3,(H,10,11);1-2H3. The highest BCUT2D eigenvalue weighted by Crippen LogP contribution is 2.24. The van der Waals surface area contributed by atoms with Gasteiger partial charge in [-0.25, -0.2) is 0 Å². The van der Waals surface area contributed by atoms with Gasteiger partial charge in [-0.1, -0.05) is 13.8 Å². The summed E-state index contributed by atoms with van der Waals surface area (Å²) in [6.07, 6.45) is 1.76. The lowest BCUT2D eigenvalue weighted by Crippen LogP contribution is -2.05. The van der Waals surface area contributed by atoms with Gasteiger partial charge in [-0.3, -0.25) is 4.79 Å². The molecule has 2 aromatic rings. The van der Waals surface area contributed by atoms with E-state index in [0.29, 0.717) is 0 Å². The van der Waals surface area contributed by atoms with Crippen molar-refractivity contribution in [1.29, 1.82) is 0 Å². The van der Waals surface area contributed by atoms with Gasteiger partial charge >= 0.3 is 0 Å². The average Bonchev–Trinajstić information content (AvgIpc) is 2.59. The molecule has 0 saturated carbocycles. The molecule has 0 fully saturated rings. The predicted octanol–water partition coefficient (Wildman–Crippen LogP) is 3.23. The Morgan fingerprint density at radius 3 is 2.43 bits per heavy atom. The Balaban J connectivity index is 0.000000461. The van der Waals surface area contributed by atoms with Crippen molar-refractivity contribution in [2.75, 3.05) is 0 Å². The minimum absolute atomic E-state index is 0.0225. The van der Waals surface area contributed by atoms with E-state index >= 15 is 0 Å². The molecule has 0 radical (unpaired) electrons. The molecular weight excluding hydrogens is 194 g/mol. The van der Waals surface area contributed by atoms with E-state index in [9.17, 15) is 4.79 Å². The Hall–Kier alpha value is -1.09. The molecular formula is C11H15NOS. The van der Waals surface area contributed by atoms with Gasteiger partial charge in [-0.15, -0.1) is 11.3 Å². The second-order valence-corrected chi connectivity index (χ2v) is 3.80. The van der Waals surface area contributed by atoms with Crippen molar-refractivity contribution in [3.63, 3.8) is 0 Å². The lowest BCUT2D eigenvalue weighted by molar-refractivity contribution is 1.24. The molecule has 0 aromatic carbocycles. The summed E-state index contributed by atoms with van der Waals surface area (Å²) >= 11 is 1.63. The predicted molar refractivity (Wildman–Crippen MR) is 63.3 cm³/mol.